The fourth-order valence-electron chi connectivity index (χ4n) is 2.12. The molecule has 0 aromatic carbocycles. The summed E-state index contributed by atoms with van der Waals surface area (Å²) in [6, 6.07) is 0. The fraction of sp³-hybridized carbons (Fsp3) is 0.913. The predicted molar refractivity (Wildman–Crippen MR) is 129 cm³/mol. The summed E-state index contributed by atoms with van der Waals surface area (Å²) in [5.74, 6) is 5.37. The van der Waals surface area contributed by atoms with Gasteiger partial charge in [0.1, 0.15) is 5.71 Å². The molecule has 0 aliphatic carbocycles. The topological polar surface area (TPSA) is 106 Å². The van der Waals surface area contributed by atoms with Crippen LogP contribution in [0.2, 0.25) is 0 Å². The van der Waals surface area contributed by atoms with E-state index >= 15 is 0 Å². The molecule has 0 amide bonds. The van der Waals surface area contributed by atoms with Gasteiger partial charge in [0.25, 0.3) is 0 Å². The second kappa shape index (κ2) is 19.4. The molecule has 0 bridgehead atoms. The van der Waals surface area contributed by atoms with Gasteiger partial charge < -0.3 is 34.3 Å². The van der Waals surface area contributed by atoms with Crippen molar-refractivity contribution in [3.05, 3.63) is 0 Å². The molecule has 190 valence electrons. The Morgan fingerprint density at radius 2 is 1.19 bits per heavy atom. The molecule has 0 spiro atoms. The first-order valence-electron chi connectivity index (χ1n) is 11.4. The van der Waals surface area contributed by atoms with Gasteiger partial charge in [-0.3, -0.25) is 4.99 Å². The molecule has 0 aliphatic rings. The molecular weight excluding hydrogens is 414 g/mol. The maximum absolute atomic E-state index is 5.57. The molecule has 0 unspecified atom stereocenters. The first kappa shape index (κ1) is 30.9. The van der Waals surface area contributed by atoms with Crippen molar-refractivity contribution in [3.63, 3.8) is 0 Å². The number of nitrogens with two attached hydrogens (primary N) is 1. The summed E-state index contributed by atoms with van der Waals surface area (Å²) < 4.78 is 33.0. The van der Waals surface area contributed by atoms with Crippen molar-refractivity contribution in [1.82, 2.24) is 0 Å². The first-order valence-corrected chi connectivity index (χ1v) is 11.4. The molecule has 2 N–H and O–H groups in total. The van der Waals surface area contributed by atoms with E-state index in [-0.39, 0.29) is 12.2 Å². The monoisotopic (exact) mass is 461 g/mol. The summed E-state index contributed by atoms with van der Waals surface area (Å²) in [6.45, 7) is 19.0. The van der Waals surface area contributed by atoms with Crippen LogP contribution in [-0.4, -0.2) is 96.7 Å². The van der Waals surface area contributed by atoms with E-state index in [1.807, 2.05) is 20.8 Å². The molecular formula is C23H47N3O6. The Morgan fingerprint density at radius 3 is 1.72 bits per heavy atom. The molecule has 0 aromatic rings. The molecule has 9 heteroatoms. The lowest BCUT2D eigenvalue weighted by atomic mass is 9.93. The van der Waals surface area contributed by atoms with Crippen LogP contribution in [0.15, 0.2) is 10.1 Å². The molecule has 0 saturated carbocycles. The van der Waals surface area contributed by atoms with Crippen LogP contribution in [0.4, 0.5) is 0 Å². The summed E-state index contributed by atoms with van der Waals surface area (Å²) >= 11 is 0. The van der Waals surface area contributed by atoms with Gasteiger partial charge in [-0.15, -0.1) is 0 Å². The molecule has 0 rings (SSSR count). The number of ether oxygens (including phenoxy) is 6. The Morgan fingerprint density at radius 1 is 0.688 bits per heavy atom. The summed E-state index contributed by atoms with van der Waals surface area (Å²) in [5, 5.41) is 3.67. The van der Waals surface area contributed by atoms with E-state index in [0.717, 1.165) is 13.0 Å². The minimum absolute atomic E-state index is 0.145. The largest absolute Gasteiger partial charge is 0.379 e. The molecule has 32 heavy (non-hydrogen) atoms. The van der Waals surface area contributed by atoms with Gasteiger partial charge in [-0.1, -0.05) is 20.8 Å². The quantitative estimate of drug-likeness (QED) is 0.129. The van der Waals surface area contributed by atoms with Gasteiger partial charge in [0, 0.05) is 12.8 Å². The van der Waals surface area contributed by atoms with Crippen LogP contribution in [0.1, 0.15) is 48.0 Å². The van der Waals surface area contributed by atoms with E-state index in [9.17, 15) is 0 Å². The van der Waals surface area contributed by atoms with Gasteiger partial charge in [0.05, 0.1) is 78.2 Å². The Kier molecular flexibility index (Phi) is 18.7. The molecule has 0 radical (unpaired) electrons. The summed E-state index contributed by atoms with van der Waals surface area (Å²) in [6.07, 6.45) is 2.65. The average molecular weight is 462 g/mol. The standard InChI is InChI=1S/C23H47N3O6/c1-22(2,3)7-9-27-11-12-29-13-14-30-15-16-31-20-21(26-24)19-25-8-10-28-17-18-32-23(4,5)6/h19H,7-18,20,24H2,1-6H3/b25-19?,26-21+. The van der Waals surface area contributed by atoms with Crippen LogP contribution < -0.4 is 5.84 Å². The van der Waals surface area contributed by atoms with Crippen LogP contribution in [0, 0.1) is 5.41 Å². The lowest BCUT2D eigenvalue weighted by Gasteiger charge is -2.19. The summed E-state index contributed by atoms with van der Waals surface area (Å²) in [4.78, 5) is 4.24. The maximum Gasteiger partial charge on any atom is 0.103 e. The maximum atomic E-state index is 5.57. The summed E-state index contributed by atoms with van der Waals surface area (Å²) in [7, 11) is 0. The van der Waals surface area contributed by atoms with Gasteiger partial charge in [-0.25, -0.2) is 0 Å². The number of hydrazone groups is 1. The van der Waals surface area contributed by atoms with E-state index in [4.69, 9.17) is 34.3 Å². The molecule has 0 saturated heterocycles. The van der Waals surface area contributed by atoms with Gasteiger partial charge in [-0.2, -0.15) is 5.10 Å². The van der Waals surface area contributed by atoms with Crippen LogP contribution in [0.3, 0.4) is 0 Å². The Labute approximate surface area is 195 Å². The zero-order chi connectivity index (χ0) is 24.1. The Hall–Kier alpha value is -1.10. The zero-order valence-corrected chi connectivity index (χ0v) is 21.2. The second-order valence-electron chi connectivity index (χ2n) is 9.43. The molecule has 0 fully saturated rings. The van der Waals surface area contributed by atoms with E-state index < -0.39 is 0 Å². The average Bonchev–Trinajstić information content (AvgIpc) is 2.70. The van der Waals surface area contributed by atoms with Gasteiger partial charge in [-0.05, 0) is 32.6 Å². The van der Waals surface area contributed by atoms with E-state index in [2.05, 4.69) is 30.9 Å². The van der Waals surface area contributed by atoms with Gasteiger partial charge >= 0.3 is 0 Å². The molecule has 0 atom stereocenters. The molecule has 0 aromatic heterocycles. The number of hydrogen-bond donors (Lipinski definition) is 1. The third kappa shape index (κ3) is 25.2. The van der Waals surface area contributed by atoms with Crippen LogP contribution in [-0.2, 0) is 28.4 Å². The van der Waals surface area contributed by atoms with Crippen molar-refractivity contribution < 1.29 is 28.4 Å². The van der Waals surface area contributed by atoms with Gasteiger partial charge in [0.2, 0.25) is 0 Å². The van der Waals surface area contributed by atoms with Crippen LogP contribution in [0.5, 0.6) is 0 Å². The fourth-order valence-corrected chi connectivity index (χ4v) is 2.12. The SMILES string of the molecule is CC(C)(C)CCOCCOCCOCCOC/C(C=NCCOCCOC(C)(C)C)=N/N. The van der Waals surface area contributed by atoms with Crippen molar-refractivity contribution in [2.75, 3.05) is 79.2 Å². The number of nitrogens with zero attached hydrogens (tertiary/aromatic N) is 2. The summed E-state index contributed by atoms with van der Waals surface area (Å²) in [5.41, 5.74) is 0.723. The van der Waals surface area contributed by atoms with E-state index in [1.165, 1.54) is 0 Å². The van der Waals surface area contributed by atoms with Crippen molar-refractivity contribution >= 4 is 11.9 Å². The number of rotatable bonds is 20. The zero-order valence-electron chi connectivity index (χ0n) is 21.2. The van der Waals surface area contributed by atoms with Crippen molar-refractivity contribution in [3.8, 4) is 0 Å². The third-order valence-electron chi connectivity index (χ3n) is 3.90. The van der Waals surface area contributed by atoms with E-state index in [1.54, 1.807) is 6.21 Å². The highest BCUT2D eigenvalue weighted by atomic mass is 16.6. The minimum atomic E-state index is -0.145. The molecule has 0 heterocycles. The second-order valence-corrected chi connectivity index (χ2v) is 9.43. The highest BCUT2D eigenvalue weighted by Gasteiger charge is 2.09. The lowest BCUT2D eigenvalue weighted by Crippen LogP contribution is -2.22. The van der Waals surface area contributed by atoms with Crippen LogP contribution >= 0.6 is 0 Å². The van der Waals surface area contributed by atoms with Crippen molar-refractivity contribution in [1.29, 1.82) is 0 Å². The lowest BCUT2D eigenvalue weighted by molar-refractivity contribution is -0.0337. The molecule has 9 nitrogen and oxygen atoms in total. The van der Waals surface area contributed by atoms with Gasteiger partial charge in [0.15, 0.2) is 0 Å². The number of aliphatic imine (C=N–C) groups is 1. The van der Waals surface area contributed by atoms with Crippen LogP contribution in [0.25, 0.3) is 0 Å². The Balaban J connectivity index is 3.46. The normalized spacial score (nSPS) is 13.4. The number of hydrogen-bond acceptors (Lipinski definition) is 9. The highest BCUT2D eigenvalue weighted by Crippen LogP contribution is 2.17. The van der Waals surface area contributed by atoms with Crippen molar-refractivity contribution in [2.45, 2.75) is 53.6 Å². The smallest absolute Gasteiger partial charge is 0.103 e. The Bertz CT molecular complexity index is 487. The van der Waals surface area contributed by atoms with Crippen molar-refractivity contribution in [2.24, 2.45) is 21.4 Å². The third-order valence-corrected chi connectivity index (χ3v) is 3.90. The first-order chi connectivity index (χ1) is 15.1. The predicted octanol–water partition coefficient (Wildman–Crippen LogP) is 2.71. The molecule has 0 aliphatic heterocycles. The minimum Gasteiger partial charge on any atom is -0.379 e. The van der Waals surface area contributed by atoms with E-state index in [0.29, 0.717) is 77.1 Å². The highest BCUT2D eigenvalue weighted by molar-refractivity contribution is 6.31.